The number of rotatable bonds is 5. The summed E-state index contributed by atoms with van der Waals surface area (Å²) in [5, 5.41) is 2.80. The molecule has 19 heavy (non-hydrogen) atoms. The Hall–Kier alpha value is -1.03. The molecular weight excluding hydrogens is 278 g/mol. The van der Waals surface area contributed by atoms with Gasteiger partial charge in [0, 0.05) is 11.4 Å². The molecule has 1 heterocycles. The minimum Gasteiger partial charge on any atom is -0.468 e. The van der Waals surface area contributed by atoms with Crippen LogP contribution in [0.3, 0.4) is 0 Å². The van der Waals surface area contributed by atoms with Gasteiger partial charge in [-0.1, -0.05) is 24.6 Å². The van der Waals surface area contributed by atoms with Crippen LogP contribution in [0.2, 0.25) is 5.02 Å². The molecule has 0 aliphatic heterocycles. The molecule has 0 saturated carbocycles. The first-order valence-electron chi connectivity index (χ1n) is 6.24. The third-order valence-electron chi connectivity index (χ3n) is 3.21. The van der Waals surface area contributed by atoms with E-state index in [1.807, 2.05) is 38.4 Å². The quantitative estimate of drug-likeness (QED) is 0.747. The first-order chi connectivity index (χ1) is 9.08. The highest BCUT2D eigenvalue weighted by Gasteiger charge is 2.36. The van der Waals surface area contributed by atoms with Gasteiger partial charge in [0.2, 0.25) is 0 Å². The molecule has 4 heteroatoms. The van der Waals surface area contributed by atoms with Gasteiger partial charge < -0.3 is 4.74 Å². The van der Waals surface area contributed by atoms with Crippen molar-refractivity contribution in [1.82, 2.24) is 4.90 Å². The van der Waals surface area contributed by atoms with E-state index in [1.54, 1.807) is 11.3 Å². The maximum absolute atomic E-state index is 6.29. The van der Waals surface area contributed by atoms with Gasteiger partial charge in [0.15, 0.2) is 5.72 Å². The van der Waals surface area contributed by atoms with Crippen molar-refractivity contribution in [3.8, 4) is 5.75 Å². The summed E-state index contributed by atoms with van der Waals surface area (Å²) in [6.07, 6.45) is 0.864. The van der Waals surface area contributed by atoms with Crippen molar-refractivity contribution < 1.29 is 4.74 Å². The zero-order valence-electron chi connectivity index (χ0n) is 11.4. The Labute approximate surface area is 123 Å². The van der Waals surface area contributed by atoms with Crippen LogP contribution in [0.4, 0.5) is 0 Å². The highest BCUT2D eigenvalue weighted by molar-refractivity contribution is 7.10. The van der Waals surface area contributed by atoms with E-state index in [2.05, 4.69) is 29.3 Å². The Morgan fingerprint density at radius 2 is 1.89 bits per heavy atom. The minimum absolute atomic E-state index is 0.429. The summed E-state index contributed by atoms with van der Waals surface area (Å²) in [5.74, 6) is 0.827. The topological polar surface area (TPSA) is 12.5 Å². The van der Waals surface area contributed by atoms with Crippen molar-refractivity contribution in [2.45, 2.75) is 19.1 Å². The Balaban J connectivity index is 2.36. The van der Waals surface area contributed by atoms with Gasteiger partial charge in [-0.25, -0.2) is 0 Å². The number of thiophene rings is 1. The molecule has 2 nitrogen and oxygen atoms in total. The van der Waals surface area contributed by atoms with Gasteiger partial charge in [-0.15, -0.1) is 11.3 Å². The van der Waals surface area contributed by atoms with Crippen LogP contribution in [0.5, 0.6) is 5.75 Å². The molecule has 0 amide bonds. The van der Waals surface area contributed by atoms with Crippen LogP contribution in [0.25, 0.3) is 0 Å². The molecule has 0 spiro atoms. The Bertz CT molecular complexity index is 509. The van der Waals surface area contributed by atoms with Crippen LogP contribution in [0.1, 0.15) is 18.2 Å². The van der Waals surface area contributed by atoms with Crippen LogP contribution in [-0.2, 0) is 5.72 Å². The molecule has 2 aromatic rings. The lowest BCUT2D eigenvalue weighted by Crippen LogP contribution is -2.45. The smallest absolute Gasteiger partial charge is 0.198 e. The maximum Gasteiger partial charge on any atom is 0.198 e. The maximum atomic E-state index is 6.29. The second-order valence-electron chi connectivity index (χ2n) is 4.57. The van der Waals surface area contributed by atoms with Crippen molar-refractivity contribution in [3.05, 3.63) is 51.7 Å². The fraction of sp³-hybridized carbons (Fsp3) is 0.333. The molecule has 1 atom stereocenters. The van der Waals surface area contributed by atoms with Crippen molar-refractivity contribution >= 4 is 22.9 Å². The van der Waals surface area contributed by atoms with Gasteiger partial charge in [0.1, 0.15) is 5.75 Å². The highest BCUT2D eigenvalue weighted by Crippen LogP contribution is 2.36. The third-order valence-corrected chi connectivity index (χ3v) is 4.46. The van der Waals surface area contributed by atoms with Crippen LogP contribution in [0.15, 0.2) is 41.8 Å². The Morgan fingerprint density at radius 1 is 1.21 bits per heavy atom. The largest absolute Gasteiger partial charge is 0.468 e. The molecule has 0 aliphatic rings. The van der Waals surface area contributed by atoms with Crippen molar-refractivity contribution in [2.75, 3.05) is 14.1 Å². The van der Waals surface area contributed by atoms with E-state index in [4.69, 9.17) is 16.3 Å². The van der Waals surface area contributed by atoms with Gasteiger partial charge in [0.25, 0.3) is 0 Å². The van der Waals surface area contributed by atoms with Gasteiger partial charge in [0.05, 0.1) is 4.88 Å². The number of ether oxygens (including phenoxy) is 1. The summed E-state index contributed by atoms with van der Waals surface area (Å²) in [6, 6.07) is 11.7. The molecule has 2 rings (SSSR count). The summed E-state index contributed by atoms with van der Waals surface area (Å²) in [6.45, 7) is 2.13. The molecular formula is C15H18ClNOS. The molecule has 1 aromatic heterocycles. The normalized spacial score (nSPS) is 14.4. The van der Waals surface area contributed by atoms with Crippen LogP contribution < -0.4 is 4.74 Å². The summed E-state index contributed by atoms with van der Waals surface area (Å²) in [7, 11) is 4.08. The van der Waals surface area contributed by atoms with Crippen LogP contribution >= 0.6 is 22.9 Å². The van der Waals surface area contributed by atoms with E-state index in [-0.39, 0.29) is 0 Å². The zero-order chi connectivity index (χ0) is 13.9. The average Bonchev–Trinajstić information content (AvgIpc) is 2.92. The third kappa shape index (κ3) is 2.94. The molecule has 0 fully saturated rings. The molecule has 0 aliphatic carbocycles. The number of hydrogen-bond acceptors (Lipinski definition) is 3. The first-order valence-corrected chi connectivity index (χ1v) is 7.50. The SMILES string of the molecule is CCC(Oc1ccc(Cl)cc1)(c1cccs1)N(C)C. The monoisotopic (exact) mass is 295 g/mol. The highest BCUT2D eigenvalue weighted by atomic mass is 35.5. The van der Waals surface area contributed by atoms with E-state index < -0.39 is 5.72 Å². The van der Waals surface area contributed by atoms with Gasteiger partial charge in [-0.05, 0) is 49.8 Å². The van der Waals surface area contributed by atoms with Gasteiger partial charge >= 0.3 is 0 Å². The van der Waals surface area contributed by atoms with Crippen LogP contribution in [-0.4, -0.2) is 19.0 Å². The van der Waals surface area contributed by atoms with Crippen LogP contribution in [0, 0.1) is 0 Å². The predicted octanol–water partition coefficient (Wildman–Crippen LogP) is 4.60. The Kier molecular flexibility index (Phi) is 4.50. The zero-order valence-corrected chi connectivity index (χ0v) is 13.0. The van der Waals surface area contributed by atoms with E-state index in [0.29, 0.717) is 0 Å². The molecule has 102 valence electrons. The lowest BCUT2D eigenvalue weighted by molar-refractivity contribution is -0.0642. The van der Waals surface area contributed by atoms with E-state index in [9.17, 15) is 0 Å². The molecule has 0 saturated heterocycles. The van der Waals surface area contributed by atoms with Gasteiger partial charge in [-0.3, -0.25) is 4.90 Å². The van der Waals surface area contributed by atoms with Crippen molar-refractivity contribution in [3.63, 3.8) is 0 Å². The molecule has 1 aromatic carbocycles. The summed E-state index contributed by atoms with van der Waals surface area (Å²) < 4.78 is 6.29. The molecule has 1 unspecified atom stereocenters. The fourth-order valence-electron chi connectivity index (χ4n) is 2.12. The average molecular weight is 296 g/mol. The van der Waals surface area contributed by atoms with E-state index in [0.717, 1.165) is 17.2 Å². The minimum atomic E-state index is -0.429. The first kappa shape index (κ1) is 14.4. The predicted molar refractivity (Wildman–Crippen MR) is 82.1 cm³/mol. The molecule has 0 N–H and O–H groups in total. The second-order valence-corrected chi connectivity index (χ2v) is 5.95. The number of hydrogen-bond donors (Lipinski definition) is 0. The van der Waals surface area contributed by atoms with Crippen molar-refractivity contribution in [1.29, 1.82) is 0 Å². The number of nitrogens with zero attached hydrogens (tertiary/aromatic N) is 1. The fourth-order valence-corrected chi connectivity index (χ4v) is 3.26. The Morgan fingerprint density at radius 3 is 2.37 bits per heavy atom. The lowest BCUT2D eigenvalue weighted by atomic mass is 10.1. The summed E-state index contributed by atoms with van der Waals surface area (Å²) in [5.41, 5.74) is -0.429. The summed E-state index contributed by atoms with van der Waals surface area (Å²) >= 11 is 7.63. The molecule has 0 radical (unpaired) electrons. The second kappa shape index (κ2) is 5.95. The van der Waals surface area contributed by atoms with E-state index >= 15 is 0 Å². The number of halogens is 1. The standard InChI is InChI=1S/C15H18ClNOS/c1-4-15(17(2)3,14-6-5-11-19-14)18-13-9-7-12(16)8-10-13/h5-11H,4H2,1-3H3. The van der Waals surface area contributed by atoms with E-state index in [1.165, 1.54) is 4.88 Å². The summed E-state index contributed by atoms with van der Waals surface area (Å²) in [4.78, 5) is 3.32. The lowest BCUT2D eigenvalue weighted by Gasteiger charge is -2.38. The number of benzene rings is 1. The van der Waals surface area contributed by atoms with Gasteiger partial charge in [-0.2, -0.15) is 0 Å². The van der Waals surface area contributed by atoms with Crippen molar-refractivity contribution in [2.24, 2.45) is 0 Å². The molecule has 0 bridgehead atoms.